The molecule has 1 aromatic carbocycles. The third kappa shape index (κ3) is 5.83. The van der Waals surface area contributed by atoms with Gasteiger partial charge in [-0.25, -0.2) is 8.42 Å². The first-order valence-corrected chi connectivity index (χ1v) is 13.8. The van der Waals surface area contributed by atoms with E-state index in [1.807, 2.05) is 19.1 Å². The van der Waals surface area contributed by atoms with E-state index in [-0.39, 0.29) is 5.92 Å². The summed E-state index contributed by atoms with van der Waals surface area (Å²) in [7, 11) is -3.29. The summed E-state index contributed by atoms with van der Waals surface area (Å²) >= 11 is 0. The Hall–Kier alpha value is -2.94. The third-order valence-corrected chi connectivity index (χ3v) is 8.96. The first kappa shape index (κ1) is 25.2. The smallest absolute Gasteiger partial charge is 0.324 e. The molecule has 1 fully saturated rings. The van der Waals surface area contributed by atoms with E-state index in [2.05, 4.69) is 33.9 Å². The van der Waals surface area contributed by atoms with Gasteiger partial charge in [0.15, 0.2) is 15.7 Å². The average molecular weight is 499 g/mol. The van der Waals surface area contributed by atoms with Crippen molar-refractivity contribution in [2.24, 2.45) is 5.92 Å². The summed E-state index contributed by atoms with van der Waals surface area (Å²) < 4.78 is 36.5. The van der Waals surface area contributed by atoms with Gasteiger partial charge in [0.25, 0.3) is 0 Å². The minimum atomic E-state index is -3.29. The number of nitrogens with zero attached hydrogens (tertiary/aromatic N) is 4. The van der Waals surface area contributed by atoms with Gasteiger partial charge < -0.3 is 14.2 Å². The average Bonchev–Trinajstić information content (AvgIpc) is 3.38. The van der Waals surface area contributed by atoms with E-state index in [1.54, 1.807) is 37.4 Å². The molecule has 0 N–H and O–H groups in total. The number of anilines is 1. The number of piperidine rings is 1. The van der Waals surface area contributed by atoms with E-state index in [0.717, 1.165) is 48.8 Å². The normalized spacial score (nSPS) is 16.0. The van der Waals surface area contributed by atoms with Gasteiger partial charge in [-0.2, -0.15) is 4.98 Å². The van der Waals surface area contributed by atoms with Gasteiger partial charge in [0.2, 0.25) is 0 Å². The molecule has 1 aliphatic heterocycles. The van der Waals surface area contributed by atoms with Crippen LogP contribution in [-0.4, -0.2) is 48.5 Å². The fourth-order valence-electron chi connectivity index (χ4n) is 4.00. The Labute approximate surface area is 207 Å². The lowest BCUT2D eigenvalue weighted by atomic mass is 9.98. The number of sulfone groups is 1. The monoisotopic (exact) mass is 498 g/mol. The Balaban J connectivity index is 1.28. The highest BCUT2D eigenvalue weighted by Gasteiger charge is 2.24. The van der Waals surface area contributed by atoms with Gasteiger partial charge in [0, 0.05) is 24.6 Å². The number of pyridine rings is 1. The molecule has 0 spiro atoms. The highest BCUT2D eigenvalue weighted by Crippen LogP contribution is 2.26. The summed E-state index contributed by atoms with van der Waals surface area (Å²) in [5, 5.41) is 3.66. The lowest BCUT2D eigenvalue weighted by molar-refractivity contribution is 0.219. The zero-order valence-corrected chi connectivity index (χ0v) is 21.7. The van der Waals surface area contributed by atoms with Crippen LogP contribution in [0.1, 0.15) is 58.7 Å². The first-order valence-electron chi connectivity index (χ1n) is 12.3. The van der Waals surface area contributed by atoms with Crippen LogP contribution >= 0.6 is 0 Å². The van der Waals surface area contributed by atoms with Gasteiger partial charge in [0.1, 0.15) is 5.75 Å². The molecule has 8 nitrogen and oxygen atoms in total. The number of ether oxygens (including phenoxy) is 1. The molecular weight excluding hydrogens is 464 g/mol. The maximum atomic E-state index is 12.5. The zero-order valence-electron chi connectivity index (χ0n) is 20.8. The standard InChI is InChI=1S/C26H34N4O4S/c1-5-19(4)35(31,32)23-9-6-21(7-10-23)24-11-8-22(16-27-24)33-17-20-12-14-30(15-13-20)26-28-25(18(2)3)29-34-26/h6-11,16,18-20H,5,12-15,17H2,1-4H3. The van der Waals surface area contributed by atoms with Crippen molar-refractivity contribution in [3.8, 4) is 17.0 Å². The fraction of sp³-hybridized carbons (Fsp3) is 0.500. The molecule has 35 heavy (non-hydrogen) atoms. The summed E-state index contributed by atoms with van der Waals surface area (Å²) in [5.74, 6) is 2.18. The van der Waals surface area contributed by atoms with Crippen LogP contribution in [0.25, 0.3) is 11.3 Å². The molecular formula is C26H34N4O4S. The Morgan fingerprint density at radius 2 is 1.80 bits per heavy atom. The zero-order chi connectivity index (χ0) is 25.0. The predicted octanol–water partition coefficient (Wildman–Crippen LogP) is 5.12. The highest BCUT2D eigenvalue weighted by atomic mass is 32.2. The SMILES string of the molecule is CCC(C)S(=O)(=O)c1ccc(-c2ccc(OCC3CCN(c4nc(C(C)C)no4)CC3)cn2)cc1. The van der Waals surface area contributed by atoms with Gasteiger partial charge in [0.05, 0.1) is 28.6 Å². The summed E-state index contributed by atoms with van der Waals surface area (Å²) in [6, 6.07) is 11.4. The second-order valence-electron chi connectivity index (χ2n) is 9.50. The minimum absolute atomic E-state index is 0.253. The van der Waals surface area contributed by atoms with Crippen LogP contribution in [0.3, 0.4) is 0 Å². The molecule has 0 saturated carbocycles. The maximum Gasteiger partial charge on any atom is 0.324 e. The van der Waals surface area contributed by atoms with Crippen LogP contribution in [0.15, 0.2) is 52.0 Å². The van der Waals surface area contributed by atoms with E-state index in [1.165, 1.54) is 0 Å². The van der Waals surface area contributed by atoms with E-state index >= 15 is 0 Å². The minimum Gasteiger partial charge on any atom is -0.492 e. The van der Waals surface area contributed by atoms with Crippen molar-refractivity contribution in [2.75, 3.05) is 24.6 Å². The second kappa shape index (κ2) is 10.8. The molecule has 1 saturated heterocycles. The number of rotatable bonds is 9. The summed E-state index contributed by atoms with van der Waals surface area (Å²) in [6.07, 6.45) is 4.30. The van der Waals surface area contributed by atoms with E-state index in [9.17, 15) is 8.42 Å². The number of aromatic nitrogens is 3. The van der Waals surface area contributed by atoms with Crippen molar-refractivity contribution < 1.29 is 17.7 Å². The molecule has 3 heterocycles. The fourth-order valence-corrected chi connectivity index (χ4v) is 5.42. The molecule has 1 unspecified atom stereocenters. The molecule has 1 aliphatic rings. The largest absolute Gasteiger partial charge is 0.492 e. The molecule has 9 heteroatoms. The molecule has 3 aromatic rings. The molecule has 0 amide bonds. The van der Waals surface area contributed by atoms with Crippen molar-refractivity contribution in [3.05, 3.63) is 48.4 Å². The molecule has 0 radical (unpaired) electrons. The van der Waals surface area contributed by atoms with E-state index < -0.39 is 15.1 Å². The highest BCUT2D eigenvalue weighted by molar-refractivity contribution is 7.92. The summed E-state index contributed by atoms with van der Waals surface area (Å²) in [5.41, 5.74) is 1.65. The number of hydrogen-bond donors (Lipinski definition) is 0. The van der Waals surface area contributed by atoms with Crippen molar-refractivity contribution in [1.82, 2.24) is 15.1 Å². The van der Waals surface area contributed by atoms with Crippen molar-refractivity contribution in [1.29, 1.82) is 0 Å². The van der Waals surface area contributed by atoms with Crippen molar-refractivity contribution in [3.63, 3.8) is 0 Å². The number of hydrogen-bond acceptors (Lipinski definition) is 8. The van der Waals surface area contributed by atoms with Gasteiger partial charge in [-0.3, -0.25) is 4.98 Å². The molecule has 0 aliphatic carbocycles. The lowest BCUT2D eigenvalue weighted by Gasteiger charge is -2.30. The van der Waals surface area contributed by atoms with Gasteiger partial charge in [-0.1, -0.05) is 38.1 Å². The van der Waals surface area contributed by atoms with E-state index in [4.69, 9.17) is 9.26 Å². The Morgan fingerprint density at radius 3 is 2.37 bits per heavy atom. The van der Waals surface area contributed by atoms with Crippen LogP contribution in [-0.2, 0) is 9.84 Å². The summed E-state index contributed by atoms with van der Waals surface area (Å²) in [4.78, 5) is 11.5. The maximum absolute atomic E-state index is 12.5. The Kier molecular flexibility index (Phi) is 7.74. The number of benzene rings is 1. The molecule has 0 bridgehead atoms. The van der Waals surface area contributed by atoms with E-state index in [0.29, 0.717) is 29.9 Å². The van der Waals surface area contributed by atoms with Crippen LogP contribution in [0.2, 0.25) is 0 Å². The van der Waals surface area contributed by atoms with Gasteiger partial charge in [-0.15, -0.1) is 0 Å². The van der Waals surface area contributed by atoms with Gasteiger partial charge >= 0.3 is 6.01 Å². The molecule has 2 aromatic heterocycles. The third-order valence-electron chi connectivity index (χ3n) is 6.64. The topological polar surface area (TPSA) is 98.4 Å². The Bertz CT molecular complexity index is 1200. The van der Waals surface area contributed by atoms with Crippen LogP contribution in [0, 0.1) is 5.92 Å². The second-order valence-corrected chi connectivity index (χ2v) is 11.9. The quantitative estimate of drug-likeness (QED) is 0.401. The molecule has 188 valence electrons. The van der Waals surface area contributed by atoms with Crippen molar-refractivity contribution in [2.45, 2.75) is 63.0 Å². The molecule has 4 rings (SSSR count). The summed E-state index contributed by atoms with van der Waals surface area (Å²) in [6.45, 7) is 10.1. The van der Waals surface area contributed by atoms with Crippen molar-refractivity contribution >= 4 is 15.9 Å². The predicted molar refractivity (Wildman–Crippen MR) is 135 cm³/mol. The lowest BCUT2D eigenvalue weighted by Crippen LogP contribution is -2.35. The molecule has 1 atom stereocenters. The van der Waals surface area contributed by atoms with Crippen LogP contribution < -0.4 is 9.64 Å². The van der Waals surface area contributed by atoms with Gasteiger partial charge in [-0.05, 0) is 56.4 Å². The Morgan fingerprint density at radius 1 is 1.09 bits per heavy atom. The first-order chi connectivity index (χ1) is 16.8. The van der Waals surface area contributed by atoms with Crippen LogP contribution in [0.4, 0.5) is 6.01 Å². The van der Waals surface area contributed by atoms with Crippen LogP contribution in [0.5, 0.6) is 5.75 Å².